The van der Waals surface area contributed by atoms with E-state index in [1.807, 2.05) is 47.0 Å². The first-order valence-electron chi connectivity index (χ1n) is 7.77. The van der Waals surface area contributed by atoms with Crippen LogP contribution < -0.4 is 11.5 Å². The number of nitrogens with zero attached hydrogens (tertiary/aromatic N) is 3. The molecule has 0 radical (unpaired) electrons. The molecule has 0 aliphatic rings. The third-order valence-electron chi connectivity index (χ3n) is 3.70. The highest BCUT2D eigenvalue weighted by Gasteiger charge is 2.13. The summed E-state index contributed by atoms with van der Waals surface area (Å²) in [6, 6.07) is 18.1. The monoisotopic (exact) mass is 387 g/mol. The smallest absolute Gasteiger partial charge is 0.211 e. The van der Waals surface area contributed by atoms with Crippen LogP contribution in [0.2, 0.25) is 5.15 Å². The molecule has 26 heavy (non-hydrogen) atoms. The van der Waals surface area contributed by atoms with Gasteiger partial charge in [-0.05, 0) is 11.6 Å². The minimum atomic E-state index is -0.0955. The van der Waals surface area contributed by atoms with Crippen LogP contribution in [0.25, 0.3) is 17.0 Å². The summed E-state index contributed by atoms with van der Waals surface area (Å²) in [5.74, 6) is -0.0955. The van der Waals surface area contributed by atoms with Crippen LogP contribution in [-0.4, -0.2) is 16.7 Å². The molecule has 0 unspecified atom stereocenters. The average molecular weight is 388 g/mol. The van der Waals surface area contributed by atoms with Gasteiger partial charge < -0.3 is 16.0 Å². The van der Waals surface area contributed by atoms with Gasteiger partial charge in [0, 0.05) is 17.5 Å². The zero-order valence-electron chi connectivity index (χ0n) is 13.9. The van der Waals surface area contributed by atoms with Crippen molar-refractivity contribution >= 4 is 53.2 Å². The predicted molar refractivity (Wildman–Crippen MR) is 113 cm³/mol. The van der Waals surface area contributed by atoms with Crippen molar-refractivity contribution < 1.29 is 0 Å². The Hall–Kier alpha value is -2.76. The normalized spacial score (nSPS) is 11.1. The van der Waals surface area contributed by atoms with Crippen LogP contribution >= 0.6 is 24.0 Å². The maximum absolute atomic E-state index is 6.58. The lowest BCUT2D eigenvalue weighted by Crippen LogP contribution is -2.21. The molecule has 1 aromatic heterocycles. The van der Waals surface area contributed by atoms with Crippen molar-refractivity contribution in [1.29, 1.82) is 0 Å². The lowest BCUT2D eigenvalue weighted by molar-refractivity contribution is 0.867. The second kappa shape index (κ2) is 9.08. The van der Waals surface area contributed by atoms with Crippen LogP contribution in [0.5, 0.6) is 0 Å². The number of benzene rings is 2. The largest absolute Gasteiger partial charge is 0.369 e. The number of guanidine groups is 1. The van der Waals surface area contributed by atoms with Crippen molar-refractivity contribution in [3.8, 4) is 0 Å². The molecule has 2 aromatic carbocycles. The van der Waals surface area contributed by atoms with Gasteiger partial charge in [-0.1, -0.05) is 72.3 Å². The lowest BCUT2D eigenvalue weighted by atomic mass is 10.2. The number of hydrogen-bond acceptors (Lipinski definition) is 2. The molecule has 4 N–H and O–H groups in total. The molecule has 0 atom stereocenters. The molecule has 0 aliphatic heterocycles. The molecule has 0 amide bonds. The lowest BCUT2D eigenvalue weighted by Gasteiger charge is -2.03. The van der Waals surface area contributed by atoms with E-state index in [-0.39, 0.29) is 18.4 Å². The number of aromatic nitrogens is 1. The Morgan fingerprint density at radius 1 is 1.04 bits per heavy atom. The standard InChI is InChI=1S/C19H18ClN5.ClH/c20-18-16(13-23-24-19(21)22)15-10-4-5-11-17(15)25(18)12-6-9-14-7-2-1-3-8-14;/h1-11,13H,12H2,(H4,21,22,24);1H/b9-6+,23-13+;. The molecule has 0 saturated carbocycles. The van der Waals surface area contributed by atoms with E-state index in [4.69, 9.17) is 23.1 Å². The summed E-state index contributed by atoms with van der Waals surface area (Å²) in [6.45, 7) is 0.643. The Labute approximate surface area is 163 Å². The third kappa shape index (κ3) is 4.45. The third-order valence-corrected chi connectivity index (χ3v) is 4.11. The molecule has 0 bridgehead atoms. The van der Waals surface area contributed by atoms with Crippen molar-refractivity contribution in [2.24, 2.45) is 21.7 Å². The first kappa shape index (κ1) is 19.6. The molecule has 7 heteroatoms. The zero-order chi connectivity index (χ0) is 17.6. The fourth-order valence-electron chi connectivity index (χ4n) is 2.61. The predicted octanol–water partition coefficient (Wildman–Crippen LogP) is 4.04. The zero-order valence-corrected chi connectivity index (χ0v) is 15.5. The minimum absolute atomic E-state index is 0. The summed E-state index contributed by atoms with van der Waals surface area (Å²) in [4.78, 5) is 0. The number of halogens is 2. The number of fused-ring (bicyclic) bond motifs is 1. The molecule has 3 rings (SSSR count). The van der Waals surface area contributed by atoms with E-state index in [1.165, 1.54) is 0 Å². The first-order chi connectivity index (χ1) is 12.2. The number of rotatable bonds is 5. The van der Waals surface area contributed by atoms with E-state index in [9.17, 15) is 0 Å². The molecule has 0 aliphatic carbocycles. The number of allylic oxidation sites excluding steroid dienone is 1. The van der Waals surface area contributed by atoms with Crippen molar-refractivity contribution in [2.45, 2.75) is 6.54 Å². The maximum atomic E-state index is 6.58. The van der Waals surface area contributed by atoms with Gasteiger partial charge in [0.05, 0.1) is 11.7 Å². The van der Waals surface area contributed by atoms with Crippen molar-refractivity contribution in [2.75, 3.05) is 0 Å². The van der Waals surface area contributed by atoms with E-state index in [2.05, 4.69) is 34.5 Å². The quantitative estimate of drug-likeness (QED) is 0.393. The van der Waals surface area contributed by atoms with Gasteiger partial charge in [0.15, 0.2) is 0 Å². The minimum Gasteiger partial charge on any atom is -0.369 e. The second-order valence-electron chi connectivity index (χ2n) is 5.41. The highest BCUT2D eigenvalue weighted by Crippen LogP contribution is 2.29. The van der Waals surface area contributed by atoms with Gasteiger partial charge in [0.2, 0.25) is 5.96 Å². The van der Waals surface area contributed by atoms with Gasteiger partial charge in [-0.25, -0.2) is 0 Å². The van der Waals surface area contributed by atoms with Crippen LogP contribution in [0.15, 0.2) is 70.9 Å². The number of hydrogen-bond donors (Lipinski definition) is 2. The molecule has 0 fully saturated rings. The SMILES string of the molecule is Cl.NC(N)=N/N=C/c1c(Cl)n(C/C=C/c2ccccc2)c2ccccc12. The summed E-state index contributed by atoms with van der Waals surface area (Å²) in [5, 5.41) is 9.12. The molecule has 0 saturated heterocycles. The van der Waals surface area contributed by atoms with E-state index < -0.39 is 0 Å². The maximum Gasteiger partial charge on any atom is 0.211 e. The molecule has 1 heterocycles. The van der Waals surface area contributed by atoms with Gasteiger partial charge in [0.25, 0.3) is 0 Å². The van der Waals surface area contributed by atoms with Crippen LogP contribution in [0.4, 0.5) is 0 Å². The summed E-state index contributed by atoms with van der Waals surface area (Å²) in [5.41, 5.74) is 13.6. The van der Waals surface area contributed by atoms with E-state index >= 15 is 0 Å². The van der Waals surface area contributed by atoms with Crippen molar-refractivity contribution in [3.63, 3.8) is 0 Å². The van der Waals surface area contributed by atoms with E-state index in [0.29, 0.717) is 11.7 Å². The van der Waals surface area contributed by atoms with Crippen LogP contribution in [0, 0.1) is 0 Å². The van der Waals surface area contributed by atoms with Gasteiger partial charge in [0.1, 0.15) is 5.15 Å². The van der Waals surface area contributed by atoms with Gasteiger partial charge in [-0.3, -0.25) is 0 Å². The summed E-state index contributed by atoms with van der Waals surface area (Å²) >= 11 is 6.58. The summed E-state index contributed by atoms with van der Waals surface area (Å²) in [6.07, 6.45) is 5.71. The van der Waals surface area contributed by atoms with Gasteiger partial charge in [-0.15, -0.1) is 17.5 Å². The fourth-order valence-corrected chi connectivity index (χ4v) is 2.92. The average Bonchev–Trinajstić information content (AvgIpc) is 2.88. The van der Waals surface area contributed by atoms with Crippen LogP contribution in [-0.2, 0) is 6.54 Å². The van der Waals surface area contributed by atoms with Crippen molar-refractivity contribution in [1.82, 2.24) is 4.57 Å². The molecule has 5 nitrogen and oxygen atoms in total. The fraction of sp³-hybridized carbons (Fsp3) is 0.0526. The summed E-state index contributed by atoms with van der Waals surface area (Å²) in [7, 11) is 0. The topological polar surface area (TPSA) is 81.7 Å². The highest BCUT2D eigenvalue weighted by molar-refractivity contribution is 6.34. The molecule has 3 aromatic rings. The Morgan fingerprint density at radius 3 is 2.46 bits per heavy atom. The Kier molecular flexibility index (Phi) is 6.83. The van der Waals surface area contributed by atoms with Crippen LogP contribution in [0.3, 0.4) is 0 Å². The van der Waals surface area contributed by atoms with Gasteiger partial charge >= 0.3 is 0 Å². The van der Waals surface area contributed by atoms with E-state index in [1.54, 1.807) is 6.21 Å². The van der Waals surface area contributed by atoms with Crippen LogP contribution in [0.1, 0.15) is 11.1 Å². The summed E-state index contributed by atoms with van der Waals surface area (Å²) < 4.78 is 2.02. The van der Waals surface area contributed by atoms with Crippen molar-refractivity contribution in [3.05, 3.63) is 77.0 Å². The Bertz CT molecular complexity index is 955. The Morgan fingerprint density at radius 2 is 1.73 bits per heavy atom. The molecular formula is C19H19Cl2N5. The highest BCUT2D eigenvalue weighted by atomic mass is 35.5. The second-order valence-corrected chi connectivity index (χ2v) is 5.77. The molecular weight excluding hydrogens is 369 g/mol. The number of para-hydroxylation sites is 1. The Balaban J connectivity index is 0.00000243. The first-order valence-corrected chi connectivity index (χ1v) is 8.15. The molecule has 0 spiro atoms. The van der Waals surface area contributed by atoms with E-state index in [0.717, 1.165) is 22.0 Å². The molecule has 134 valence electrons. The van der Waals surface area contributed by atoms with Gasteiger partial charge in [-0.2, -0.15) is 5.10 Å². The number of nitrogens with two attached hydrogens (primary N) is 2.